The molecule has 1 aliphatic heterocycles. The van der Waals surface area contributed by atoms with Gasteiger partial charge in [-0.3, -0.25) is 11.3 Å². The second-order valence-electron chi connectivity index (χ2n) is 5.47. The summed E-state index contributed by atoms with van der Waals surface area (Å²) in [6.07, 6.45) is 1.10. The molecule has 0 aliphatic carbocycles. The Balaban J connectivity index is 2.29. The van der Waals surface area contributed by atoms with E-state index >= 15 is 0 Å². The quantitative estimate of drug-likeness (QED) is 0.658. The molecule has 1 heterocycles. The highest BCUT2D eigenvalue weighted by Crippen LogP contribution is 2.26. The number of nitrogens with two attached hydrogens (primary N) is 1. The molecule has 6 heteroatoms. The molecule has 1 aromatic rings. The lowest BCUT2D eigenvalue weighted by atomic mass is 9.98. The third-order valence-electron chi connectivity index (χ3n) is 3.98. The standard InChI is InChI=1S/C14H22ClFN4/c1-19-6-3-7-20(2)13(9-19)14(18-17)11-5-4-10(15)8-12(11)16/h4-5,8,13-14,18H,3,6-7,9,17H2,1-2H3. The Morgan fingerprint density at radius 1 is 1.40 bits per heavy atom. The van der Waals surface area contributed by atoms with E-state index in [1.807, 2.05) is 0 Å². The molecule has 3 N–H and O–H groups in total. The van der Waals surface area contributed by atoms with Gasteiger partial charge in [0.1, 0.15) is 5.82 Å². The maximum absolute atomic E-state index is 14.2. The third-order valence-corrected chi connectivity index (χ3v) is 4.21. The minimum absolute atomic E-state index is 0.114. The molecule has 0 spiro atoms. The number of rotatable bonds is 3. The Morgan fingerprint density at radius 3 is 2.80 bits per heavy atom. The molecule has 4 nitrogen and oxygen atoms in total. The summed E-state index contributed by atoms with van der Waals surface area (Å²) in [4.78, 5) is 4.49. The van der Waals surface area contributed by atoms with Crippen molar-refractivity contribution in [2.24, 2.45) is 5.84 Å². The largest absolute Gasteiger partial charge is 0.305 e. The molecule has 1 aromatic carbocycles. The van der Waals surface area contributed by atoms with Gasteiger partial charge in [-0.25, -0.2) is 4.39 Å². The van der Waals surface area contributed by atoms with E-state index in [1.165, 1.54) is 6.07 Å². The molecule has 20 heavy (non-hydrogen) atoms. The summed E-state index contributed by atoms with van der Waals surface area (Å²) in [6.45, 7) is 2.86. The second kappa shape index (κ2) is 6.83. The molecule has 2 unspecified atom stereocenters. The van der Waals surface area contributed by atoms with Crippen molar-refractivity contribution in [1.29, 1.82) is 0 Å². The molecular formula is C14H22ClFN4. The lowest BCUT2D eigenvalue weighted by Gasteiger charge is -2.34. The fourth-order valence-electron chi connectivity index (χ4n) is 2.83. The van der Waals surface area contributed by atoms with E-state index in [0.29, 0.717) is 10.6 Å². The van der Waals surface area contributed by atoms with Crippen molar-refractivity contribution in [2.45, 2.75) is 18.5 Å². The Hall–Kier alpha value is -0.720. The molecule has 0 amide bonds. The zero-order valence-corrected chi connectivity index (χ0v) is 12.7. The van der Waals surface area contributed by atoms with Gasteiger partial charge in [0.15, 0.2) is 0 Å². The van der Waals surface area contributed by atoms with Crippen molar-refractivity contribution in [3.05, 3.63) is 34.6 Å². The van der Waals surface area contributed by atoms with Crippen LogP contribution in [0.2, 0.25) is 5.02 Å². The van der Waals surface area contributed by atoms with Crippen LogP contribution in [0.5, 0.6) is 0 Å². The molecule has 112 valence electrons. The van der Waals surface area contributed by atoms with Gasteiger partial charge in [-0.1, -0.05) is 17.7 Å². The van der Waals surface area contributed by atoms with Gasteiger partial charge in [0.25, 0.3) is 0 Å². The fraction of sp³-hybridized carbons (Fsp3) is 0.571. The number of likely N-dealkylation sites (N-methyl/N-ethyl adjacent to an activating group) is 2. The molecular weight excluding hydrogens is 279 g/mol. The van der Waals surface area contributed by atoms with E-state index < -0.39 is 0 Å². The minimum Gasteiger partial charge on any atom is -0.305 e. The van der Waals surface area contributed by atoms with Crippen LogP contribution in [-0.2, 0) is 0 Å². The van der Waals surface area contributed by atoms with Gasteiger partial charge in [0.2, 0.25) is 0 Å². The highest BCUT2D eigenvalue weighted by molar-refractivity contribution is 6.30. The highest BCUT2D eigenvalue weighted by Gasteiger charge is 2.30. The SMILES string of the molecule is CN1CCCN(C)C(C(NN)c2ccc(Cl)cc2F)C1. The van der Waals surface area contributed by atoms with Gasteiger partial charge < -0.3 is 9.80 Å². The van der Waals surface area contributed by atoms with Gasteiger partial charge >= 0.3 is 0 Å². The molecule has 1 aliphatic rings. The molecule has 0 aromatic heterocycles. The summed E-state index contributed by atoms with van der Waals surface area (Å²) in [5.41, 5.74) is 3.33. The Morgan fingerprint density at radius 2 is 2.15 bits per heavy atom. The Bertz CT molecular complexity index is 457. The maximum Gasteiger partial charge on any atom is 0.129 e. The van der Waals surface area contributed by atoms with Gasteiger partial charge in [0.05, 0.1) is 6.04 Å². The first-order valence-electron chi connectivity index (χ1n) is 6.82. The number of nitrogens with one attached hydrogen (secondary N) is 1. The van der Waals surface area contributed by atoms with Gasteiger partial charge in [-0.05, 0) is 45.7 Å². The van der Waals surface area contributed by atoms with Gasteiger partial charge in [0, 0.05) is 23.2 Å². The van der Waals surface area contributed by atoms with Crippen LogP contribution < -0.4 is 11.3 Å². The van der Waals surface area contributed by atoms with Gasteiger partial charge in [-0.2, -0.15) is 0 Å². The molecule has 0 bridgehead atoms. The van der Waals surface area contributed by atoms with Crippen molar-refractivity contribution in [3.8, 4) is 0 Å². The fourth-order valence-corrected chi connectivity index (χ4v) is 2.99. The molecule has 2 rings (SSSR count). The van der Waals surface area contributed by atoms with E-state index in [1.54, 1.807) is 12.1 Å². The van der Waals surface area contributed by atoms with Crippen molar-refractivity contribution >= 4 is 11.6 Å². The zero-order chi connectivity index (χ0) is 14.7. The summed E-state index contributed by atoms with van der Waals surface area (Å²) >= 11 is 5.82. The normalized spacial score (nSPS) is 23.6. The topological polar surface area (TPSA) is 44.5 Å². The first-order chi connectivity index (χ1) is 9.52. The number of hydrogen-bond donors (Lipinski definition) is 2. The van der Waals surface area contributed by atoms with Crippen LogP contribution in [0.1, 0.15) is 18.0 Å². The van der Waals surface area contributed by atoms with Crippen LogP contribution in [0.25, 0.3) is 0 Å². The van der Waals surface area contributed by atoms with Crippen LogP contribution in [-0.4, -0.2) is 49.6 Å². The van der Waals surface area contributed by atoms with E-state index in [2.05, 4.69) is 29.3 Å². The average Bonchev–Trinajstić information content (AvgIpc) is 2.55. The second-order valence-corrected chi connectivity index (χ2v) is 5.91. The van der Waals surface area contributed by atoms with Crippen LogP contribution in [0, 0.1) is 5.82 Å². The molecule has 1 saturated heterocycles. The summed E-state index contributed by atoms with van der Waals surface area (Å²) in [6, 6.07) is 4.59. The molecule has 0 saturated carbocycles. The van der Waals surface area contributed by atoms with E-state index in [9.17, 15) is 4.39 Å². The Kier molecular flexibility index (Phi) is 5.35. The molecule has 1 fully saturated rings. The number of hydrogen-bond acceptors (Lipinski definition) is 4. The summed E-state index contributed by atoms with van der Waals surface area (Å²) in [5, 5.41) is 0.397. The Labute approximate surface area is 124 Å². The van der Waals surface area contributed by atoms with Crippen molar-refractivity contribution < 1.29 is 4.39 Å². The van der Waals surface area contributed by atoms with Crippen LogP contribution in [0.4, 0.5) is 4.39 Å². The van der Waals surface area contributed by atoms with E-state index in [0.717, 1.165) is 26.1 Å². The van der Waals surface area contributed by atoms with Crippen molar-refractivity contribution in [3.63, 3.8) is 0 Å². The van der Waals surface area contributed by atoms with E-state index in [-0.39, 0.29) is 17.9 Å². The highest BCUT2D eigenvalue weighted by atomic mass is 35.5. The van der Waals surface area contributed by atoms with Crippen LogP contribution >= 0.6 is 11.6 Å². The van der Waals surface area contributed by atoms with Crippen molar-refractivity contribution in [1.82, 2.24) is 15.2 Å². The number of benzene rings is 1. The lowest BCUT2D eigenvalue weighted by molar-refractivity contribution is 0.176. The summed E-state index contributed by atoms with van der Waals surface area (Å²) < 4.78 is 14.2. The van der Waals surface area contributed by atoms with Crippen LogP contribution in [0.3, 0.4) is 0 Å². The third kappa shape index (κ3) is 3.48. The first-order valence-corrected chi connectivity index (χ1v) is 7.20. The smallest absolute Gasteiger partial charge is 0.129 e. The number of nitrogens with zero attached hydrogens (tertiary/aromatic N) is 2. The number of halogens is 2. The lowest BCUT2D eigenvalue weighted by Crippen LogP contribution is -2.49. The monoisotopic (exact) mass is 300 g/mol. The minimum atomic E-state index is -0.319. The van der Waals surface area contributed by atoms with Gasteiger partial charge in [-0.15, -0.1) is 0 Å². The number of hydrazine groups is 1. The zero-order valence-electron chi connectivity index (χ0n) is 11.9. The molecule has 0 radical (unpaired) electrons. The average molecular weight is 301 g/mol. The predicted molar refractivity (Wildman–Crippen MR) is 80.0 cm³/mol. The summed E-state index contributed by atoms with van der Waals surface area (Å²) in [7, 11) is 4.14. The maximum atomic E-state index is 14.2. The first kappa shape index (κ1) is 15.7. The van der Waals surface area contributed by atoms with Crippen molar-refractivity contribution in [2.75, 3.05) is 33.7 Å². The van der Waals surface area contributed by atoms with Crippen LogP contribution in [0.15, 0.2) is 18.2 Å². The summed E-state index contributed by atoms with van der Waals surface area (Å²) in [5.74, 6) is 5.39. The predicted octanol–water partition coefficient (Wildman–Crippen LogP) is 1.62. The van der Waals surface area contributed by atoms with E-state index in [4.69, 9.17) is 17.4 Å². The molecule has 2 atom stereocenters.